The molecule has 0 saturated carbocycles. The largest absolute Gasteiger partial charge is 0.381 e. The molecule has 0 aliphatic carbocycles. The molecule has 0 unspecified atom stereocenters. The summed E-state index contributed by atoms with van der Waals surface area (Å²) < 4.78 is 5.81. The van der Waals surface area contributed by atoms with E-state index in [1.807, 2.05) is 23.5 Å². The number of nitrogens with one attached hydrogen (secondary N) is 1. The van der Waals surface area contributed by atoms with E-state index in [4.69, 9.17) is 4.74 Å². The molecule has 1 aromatic rings. The molecule has 0 spiro atoms. The first-order valence-corrected chi connectivity index (χ1v) is 7.66. The van der Waals surface area contributed by atoms with Crippen molar-refractivity contribution in [1.29, 1.82) is 0 Å². The van der Waals surface area contributed by atoms with Crippen molar-refractivity contribution in [3.05, 3.63) is 16.6 Å². The topological polar surface area (TPSA) is 34.2 Å². The van der Waals surface area contributed by atoms with Gasteiger partial charge in [-0.15, -0.1) is 11.3 Å². The molecule has 0 amide bonds. The van der Waals surface area contributed by atoms with Gasteiger partial charge < -0.3 is 10.1 Å². The number of thioether (sulfide) groups is 1. The van der Waals surface area contributed by atoms with Crippen LogP contribution in [0.3, 0.4) is 0 Å². The van der Waals surface area contributed by atoms with Crippen molar-refractivity contribution >= 4 is 23.1 Å². The van der Waals surface area contributed by atoms with Gasteiger partial charge in [-0.25, -0.2) is 0 Å². The van der Waals surface area contributed by atoms with Crippen molar-refractivity contribution in [2.45, 2.75) is 24.1 Å². The van der Waals surface area contributed by atoms with Gasteiger partial charge in [0.1, 0.15) is 0 Å². The highest BCUT2D eigenvalue weighted by molar-refractivity contribution is 8.00. The number of hydrogen-bond acceptors (Lipinski definition) is 5. The Kier molecular flexibility index (Phi) is 4.64. The zero-order valence-corrected chi connectivity index (χ0v) is 11.2. The fraction of sp³-hybridized carbons (Fsp3) is 0.727. The zero-order chi connectivity index (χ0) is 11.3. The van der Waals surface area contributed by atoms with E-state index in [1.165, 1.54) is 4.88 Å². The molecule has 1 aliphatic heterocycles. The van der Waals surface area contributed by atoms with Crippen LogP contribution in [-0.2, 0) is 11.3 Å². The maximum Gasteiger partial charge on any atom is 0.0794 e. The fourth-order valence-corrected chi connectivity index (χ4v) is 3.32. The summed E-state index contributed by atoms with van der Waals surface area (Å²) in [6.45, 7) is 3.81. The van der Waals surface area contributed by atoms with Gasteiger partial charge in [-0.2, -0.15) is 11.8 Å². The average Bonchev–Trinajstić information content (AvgIpc) is 2.83. The van der Waals surface area contributed by atoms with Gasteiger partial charge in [0.2, 0.25) is 0 Å². The van der Waals surface area contributed by atoms with Crippen LogP contribution >= 0.6 is 23.1 Å². The highest BCUT2D eigenvalue weighted by Crippen LogP contribution is 2.33. The number of ether oxygens (including phenoxy) is 1. The van der Waals surface area contributed by atoms with E-state index >= 15 is 0 Å². The molecule has 0 aromatic carbocycles. The molecule has 5 heteroatoms. The zero-order valence-electron chi connectivity index (χ0n) is 9.57. The minimum Gasteiger partial charge on any atom is -0.381 e. The van der Waals surface area contributed by atoms with Crippen molar-refractivity contribution < 1.29 is 4.74 Å². The van der Waals surface area contributed by atoms with Crippen LogP contribution in [0.15, 0.2) is 11.7 Å². The lowest BCUT2D eigenvalue weighted by atomic mass is 9.99. The highest BCUT2D eigenvalue weighted by atomic mass is 32.2. The molecule has 16 heavy (non-hydrogen) atoms. The fourth-order valence-electron chi connectivity index (χ4n) is 1.94. The van der Waals surface area contributed by atoms with E-state index < -0.39 is 0 Å². The molecule has 0 atom stereocenters. The van der Waals surface area contributed by atoms with Gasteiger partial charge in [0.05, 0.1) is 5.51 Å². The van der Waals surface area contributed by atoms with Crippen LogP contribution in [0.25, 0.3) is 0 Å². The van der Waals surface area contributed by atoms with Crippen LogP contribution < -0.4 is 5.32 Å². The lowest BCUT2D eigenvalue weighted by molar-refractivity contribution is 0.0772. The van der Waals surface area contributed by atoms with Gasteiger partial charge in [-0.3, -0.25) is 4.98 Å². The Balaban J connectivity index is 1.78. The van der Waals surface area contributed by atoms with E-state index in [0.717, 1.165) is 39.1 Å². The molecule has 90 valence electrons. The maximum atomic E-state index is 5.43. The summed E-state index contributed by atoms with van der Waals surface area (Å²) in [5, 5.41) is 3.54. The van der Waals surface area contributed by atoms with E-state index in [1.54, 1.807) is 11.3 Å². The van der Waals surface area contributed by atoms with Gasteiger partial charge >= 0.3 is 0 Å². The lowest BCUT2D eigenvalue weighted by Crippen LogP contribution is -2.42. The summed E-state index contributed by atoms with van der Waals surface area (Å²) in [4.78, 5) is 5.39. The molecular formula is C11H18N2OS2. The second-order valence-corrected chi connectivity index (χ2v) is 6.32. The standard InChI is InChI=1S/C11H18N2OS2/c1-15-11(2-4-14-5-3-11)8-12-6-10-7-13-9-16-10/h7,9,12H,2-6,8H2,1H3. The van der Waals surface area contributed by atoms with E-state index in [9.17, 15) is 0 Å². The van der Waals surface area contributed by atoms with E-state index in [2.05, 4.69) is 16.6 Å². The molecule has 0 radical (unpaired) electrons. The van der Waals surface area contributed by atoms with E-state index in [-0.39, 0.29) is 0 Å². The normalized spacial score (nSPS) is 19.8. The predicted octanol–water partition coefficient (Wildman–Crippen LogP) is 2.14. The Morgan fingerprint density at radius 2 is 2.38 bits per heavy atom. The van der Waals surface area contributed by atoms with Crippen LogP contribution in [-0.4, -0.2) is 35.7 Å². The maximum absolute atomic E-state index is 5.43. The first-order chi connectivity index (χ1) is 7.85. The predicted molar refractivity (Wildman–Crippen MR) is 70.1 cm³/mol. The van der Waals surface area contributed by atoms with Crippen molar-refractivity contribution in [3.63, 3.8) is 0 Å². The first kappa shape index (κ1) is 12.4. The Bertz CT molecular complexity index is 297. The van der Waals surface area contributed by atoms with Crippen LogP contribution in [0.4, 0.5) is 0 Å². The van der Waals surface area contributed by atoms with Crippen LogP contribution in [0.5, 0.6) is 0 Å². The molecule has 1 fully saturated rings. The first-order valence-electron chi connectivity index (χ1n) is 5.56. The summed E-state index contributed by atoms with van der Waals surface area (Å²) in [5.74, 6) is 0. The minimum absolute atomic E-state index is 0.378. The molecule has 3 nitrogen and oxygen atoms in total. The minimum atomic E-state index is 0.378. The second-order valence-electron chi connectivity index (χ2n) is 4.07. The van der Waals surface area contributed by atoms with Gasteiger partial charge in [0, 0.05) is 42.1 Å². The van der Waals surface area contributed by atoms with Gasteiger partial charge in [0.25, 0.3) is 0 Å². The van der Waals surface area contributed by atoms with Gasteiger partial charge in [0.15, 0.2) is 0 Å². The number of thiazole rings is 1. The van der Waals surface area contributed by atoms with Crippen molar-refractivity contribution in [1.82, 2.24) is 10.3 Å². The van der Waals surface area contributed by atoms with E-state index in [0.29, 0.717) is 4.75 Å². The SMILES string of the molecule is CSC1(CNCc2cncs2)CCOCC1. The molecule has 1 saturated heterocycles. The summed E-state index contributed by atoms with van der Waals surface area (Å²) in [6.07, 6.45) is 6.46. The second kappa shape index (κ2) is 6.00. The van der Waals surface area contributed by atoms with Gasteiger partial charge in [-0.05, 0) is 19.1 Å². The molecule has 1 N–H and O–H groups in total. The highest BCUT2D eigenvalue weighted by Gasteiger charge is 2.31. The van der Waals surface area contributed by atoms with Crippen LogP contribution in [0.2, 0.25) is 0 Å². The molecule has 1 aliphatic rings. The number of rotatable bonds is 5. The lowest BCUT2D eigenvalue weighted by Gasteiger charge is -2.35. The third kappa shape index (κ3) is 3.20. The van der Waals surface area contributed by atoms with Crippen molar-refractivity contribution in [2.24, 2.45) is 0 Å². The Morgan fingerprint density at radius 3 is 3.00 bits per heavy atom. The third-order valence-electron chi connectivity index (χ3n) is 3.07. The molecule has 2 heterocycles. The summed E-state index contributed by atoms with van der Waals surface area (Å²) in [5.41, 5.74) is 1.88. The summed E-state index contributed by atoms with van der Waals surface area (Å²) in [6, 6.07) is 0. The molecule has 2 rings (SSSR count). The van der Waals surface area contributed by atoms with Crippen molar-refractivity contribution in [2.75, 3.05) is 26.0 Å². The average molecular weight is 258 g/mol. The Morgan fingerprint density at radius 1 is 1.56 bits per heavy atom. The number of aromatic nitrogens is 1. The molecule has 0 bridgehead atoms. The number of nitrogens with zero attached hydrogens (tertiary/aromatic N) is 1. The van der Waals surface area contributed by atoms with Crippen molar-refractivity contribution in [3.8, 4) is 0 Å². The van der Waals surface area contributed by atoms with Crippen LogP contribution in [0, 0.1) is 0 Å². The summed E-state index contributed by atoms with van der Waals surface area (Å²) >= 11 is 3.69. The summed E-state index contributed by atoms with van der Waals surface area (Å²) in [7, 11) is 0. The smallest absolute Gasteiger partial charge is 0.0794 e. The third-order valence-corrected chi connectivity index (χ3v) is 5.27. The quantitative estimate of drug-likeness (QED) is 0.877. The molecule has 1 aromatic heterocycles. The molecular weight excluding hydrogens is 240 g/mol. The van der Waals surface area contributed by atoms with Gasteiger partial charge in [-0.1, -0.05) is 0 Å². The van der Waals surface area contributed by atoms with Crippen LogP contribution in [0.1, 0.15) is 17.7 Å². The Labute approximate surface area is 105 Å². The Hall–Kier alpha value is -0.100. The number of hydrogen-bond donors (Lipinski definition) is 1. The monoisotopic (exact) mass is 258 g/mol.